The van der Waals surface area contributed by atoms with Crippen LogP contribution in [0, 0.1) is 5.92 Å². The van der Waals surface area contributed by atoms with Crippen LogP contribution < -0.4 is 5.73 Å². The maximum atomic E-state index is 5.64. The molecule has 2 N–H and O–H groups in total. The quantitative estimate of drug-likeness (QED) is 0.796. The Bertz CT molecular complexity index is 610. The zero-order chi connectivity index (χ0) is 15.2. The first-order chi connectivity index (χ1) is 10.0. The Kier molecular flexibility index (Phi) is 5.65. The van der Waals surface area contributed by atoms with Crippen LogP contribution in [-0.2, 0) is 6.54 Å². The van der Waals surface area contributed by atoms with E-state index in [1.165, 1.54) is 10.9 Å². The van der Waals surface area contributed by atoms with Gasteiger partial charge in [-0.3, -0.25) is 9.88 Å². The minimum atomic E-state index is 0.589. The molecule has 0 fully saturated rings. The molecular weight excluding hydrogens is 278 g/mol. The second-order valence-electron chi connectivity index (χ2n) is 5.88. The molecule has 2 aromatic rings. The molecular formula is C17H23N3S. The van der Waals surface area contributed by atoms with Crippen LogP contribution in [-0.4, -0.2) is 28.0 Å². The Morgan fingerprint density at radius 3 is 2.86 bits per heavy atom. The number of nitrogens with two attached hydrogens (primary N) is 1. The lowest BCUT2D eigenvalue weighted by Crippen LogP contribution is -2.30. The fourth-order valence-corrected chi connectivity index (χ4v) is 2.59. The smallest absolute Gasteiger partial charge is 0.0740 e. The van der Waals surface area contributed by atoms with E-state index in [0.29, 0.717) is 10.9 Å². The summed E-state index contributed by atoms with van der Waals surface area (Å²) in [6.45, 7) is 7.36. The molecule has 0 aliphatic heterocycles. The third kappa shape index (κ3) is 5.06. The molecule has 0 aliphatic rings. The first kappa shape index (κ1) is 15.9. The average Bonchev–Trinajstić information content (AvgIpc) is 2.44. The fraction of sp³-hybridized carbons (Fsp3) is 0.412. The molecule has 0 bridgehead atoms. The Hall–Kier alpha value is -1.52. The molecule has 0 aliphatic carbocycles. The lowest BCUT2D eigenvalue weighted by Gasteiger charge is -2.24. The molecule has 4 heteroatoms. The largest absolute Gasteiger partial charge is 0.393 e. The summed E-state index contributed by atoms with van der Waals surface area (Å²) < 4.78 is 0. The summed E-state index contributed by atoms with van der Waals surface area (Å²) in [6.07, 6.45) is 2.60. The predicted molar refractivity (Wildman–Crippen MR) is 93.3 cm³/mol. The van der Waals surface area contributed by atoms with E-state index in [1.807, 2.05) is 12.3 Å². The zero-order valence-electron chi connectivity index (χ0n) is 12.7. The summed E-state index contributed by atoms with van der Waals surface area (Å²) in [4.78, 5) is 7.37. The molecule has 0 amide bonds. The monoisotopic (exact) mass is 301 g/mol. The van der Waals surface area contributed by atoms with Crippen LogP contribution >= 0.6 is 12.2 Å². The van der Waals surface area contributed by atoms with Crippen LogP contribution in [0.5, 0.6) is 0 Å². The van der Waals surface area contributed by atoms with Crippen molar-refractivity contribution in [1.82, 2.24) is 9.88 Å². The molecule has 0 spiro atoms. The van der Waals surface area contributed by atoms with Gasteiger partial charge in [-0.2, -0.15) is 0 Å². The summed E-state index contributed by atoms with van der Waals surface area (Å²) in [5.41, 5.74) is 7.98. The molecule has 112 valence electrons. The number of rotatable bonds is 7. The van der Waals surface area contributed by atoms with Crippen LogP contribution in [0.25, 0.3) is 10.9 Å². The van der Waals surface area contributed by atoms with Gasteiger partial charge in [0.05, 0.1) is 10.5 Å². The van der Waals surface area contributed by atoms with Crippen molar-refractivity contribution in [2.75, 3.05) is 13.1 Å². The van der Waals surface area contributed by atoms with Crippen LogP contribution in [0.3, 0.4) is 0 Å². The van der Waals surface area contributed by atoms with Crippen LogP contribution in [0.15, 0.2) is 36.5 Å². The van der Waals surface area contributed by atoms with Gasteiger partial charge in [0.1, 0.15) is 0 Å². The topological polar surface area (TPSA) is 42.1 Å². The van der Waals surface area contributed by atoms with E-state index in [1.54, 1.807) is 0 Å². The molecule has 0 unspecified atom stereocenters. The standard InChI is InChI=1S/C17H23N3S/c1-13(2)11-20(9-7-17(18)21)12-14-5-6-16-15(10-14)4-3-8-19-16/h3-6,8,10,13H,7,9,11-12H2,1-2H3,(H2,18,21). The summed E-state index contributed by atoms with van der Waals surface area (Å²) >= 11 is 5.00. The minimum Gasteiger partial charge on any atom is -0.393 e. The number of hydrogen-bond donors (Lipinski definition) is 1. The van der Waals surface area contributed by atoms with Crippen molar-refractivity contribution < 1.29 is 0 Å². The van der Waals surface area contributed by atoms with Crippen molar-refractivity contribution in [3.8, 4) is 0 Å². The van der Waals surface area contributed by atoms with Gasteiger partial charge in [0.15, 0.2) is 0 Å². The highest BCUT2D eigenvalue weighted by Crippen LogP contribution is 2.15. The summed E-state index contributed by atoms with van der Waals surface area (Å²) in [5.74, 6) is 0.624. The lowest BCUT2D eigenvalue weighted by atomic mass is 10.1. The molecule has 0 saturated carbocycles. The van der Waals surface area contributed by atoms with Gasteiger partial charge in [0.2, 0.25) is 0 Å². The van der Waals surface area contributed by atoms with Gasteiger partial charge in [-0.15, -0.1) is 0 Å². The zero-order valence-corrected chi connectivity index (χ0v) is 13.6. The predicted octanol–water partition coefficient (Wildman–Crippen LogP) is 3.37. The van der Waals surface area contributed by atoms with Crippen LogP contribution in [0.2, 0.25) is 0 Å². The number of pyridine rings is 1. The Labute approximate surface area is 132 Å². The fourth-order valence-electron chi connectivity index (χ4n) is 2.50. The molecule has 21 heavy (non-hydrogen) atoms. The van der Waals surface area contributed by atoms with Crippen LogP contribution in [0.4, 0.5) is 0 Å². The first-order valence-corrected chi connectivity index (χ1v) is 7.79. The highest BCUT2D eigenvalue weighted by atomic mass is 32.1. The number of aromatic nitrogens is 1. The van der Waals surface area contributed by atoms with Gasteiger partial charge in [0, 0.05) is 37.6 Å². The molecule has 1 aromatic heterocycles. The van der Waals surface area contributed by atoms with Gasteiger partial charge in [-0.1, -0.05) is 38.2 Å². The van der Waals surface area contributed by atoms with Gasteiger partial charge < -0.3 is 5.73 Å². The number of nitrogens with zero attached hydrogens (tertiary/aromatic N) is 2. The van der Waals surface area contributed by atoms with Gasteiger partial charge >= 0.3 is 0 Å². The second-order valence-corrected chi connectivity index (χ2v) is 6.40. The van der Waals surface area contributed by atoms with Crippen molar-refractivity contribution in [1.29, 1.82) is 0 Å². The molecule has 0 atom stereocenters. The highest BCUT2D eigenvalue weighted by Gasteiger charge is 2.09. The van der Waals surface area contributed by atoms with Crippen LogP contribution in [0.1, 0.15) is 25.8 Å². The number of hydrogen-bond acceptors (Lipinski definition) is 3. The van der Waals surface area contributed by atoms with Crippen molar-refractivity contribution in [3.63, 3.8) is 0 Å². The van der Waals surface area contributed by atoms with Crippen molar-refractivity contribution in [3.05, 3.63) is 42.1 Å². The summed E-state index contributed by atoms with van der Waals surface area (Å²) in [5, 5.41) is 1.19. The molecule has 3 nitrogen and oxygen atoms in total. The van der Waals surface area contributed by atoms with E-state index >= 15 is 0 Å². The van der Waals surface area contributed by atoms with E-state index in [-0.39, 0.29) is 0 Å². The van der Waals surface area contributed by atoms with Crippen molar-refractivity contribution in [2.24, 2.45) is 11.7 Å². The molecule has 0 saturated heterocycles. The Morgan fingerprint density at radius 1 is 1.33 bits per heavy atom. The maximum absolute atomic E-state index is 5.64. The van der Waals surface area contributed by atoms with E-state index in [9.17, 15) is 0 Å². The number of benzene rings is 1. The van der Waals surface area contributed by atoms with Gasteiger partial charge in [-0.05, 0) is 29.7 Å². The third-order valence-corrected chi connectivity index (χ3v) is 3.58. The number of thiocarbonyl (C=S) groups is 1. The summed E-state index contributed by atoms with van der Waals surface area (Å²) in [7, 11) is 0. The SMILES string of the molecule is CC(C)CN(CCC(N)=S)Cc1ccc2ncccc2c1. The number of fused-ring (bicyclic) bond motifs is 1. The first-order valence-electron chi connectivity index (χ1n) is 7.39. The minimum absolute atomic E-state index is 0.589. The highest BCUT2D eigenvalue weighted by molar-refractivity contribution is 7.80. The van der Waals surface area contributed by atoms with Crippen molar-refractivity contribution in [2.45, 2.75) is 26.8 Å². The second kappa shape index (κ2) is 7.48. The van der Waals surface area contributed by atoms with E-state index in [0.717, 1.165) is 31.6 Å². The molecule has 0 radical (unpaired) electrons. The normalized spacial score (nSPS) is 11.4. The average molecular weight is 301 g/mol. The van der Waals surface area contributed by atoms with Gasteiger partial charge in [0.25, 0.3) is 0 Å². The Morgan fingerprint density at radius 2 is 2.14 bits per heavy atom. The van der Waals surface area contributed by atoms with Crippen molar-refractivity contribution >= 4 is 28.1 Å². The lowest BCUT2D eigenvalue weighted by molar-refractivity contribution is 0.243. The van der Waals surface area contributed by atoms with E-state index in [4.69, 9.17) is 18.0 Å². The maximum Gasteiger partial charge on any atom is 0.0740 e. The van der Waals surface area contributed by atoms with E-state index < -0.39 is 0 Å². The van der Waals surface area contributed by atoms with Gasteiger partial charge in [-0.25, -0.2) is 0 Å². The van der Waals surface area contributed by atoms with E-state index in [2.05, 4.69) is 48.0 Å². The molecule has 1 heterocycles. The Balaban J connectivity index is 2.10. The molecule has 2 rings (SSSR count). The third-order valence-electron chi connectivity index (χ3n) is 3.37. The molecule has 1 aromatic carbocycles. The summed E-state index contributed by atoms with van der Waals surface area (Å²) in [6, 6.07) is 10.5.